The SMILES string of the molecule is CCOC(=O)N1CCN(C(=O)CN2CCCc3c(C(N)=O)cccc32)CC1. The van der Waals surface area contributed by atoms with E-state index in [9.17, 15) is 14.4 Å². The third-order valence-electron chi connectivity index (χ3n) is 5.10. The van der Waals surface area contributed by atoms with E-state index in [-0.39, 0.29) is 18.5 Å². The van der Waals surface area contributed by atoms with Crippen LogP contribution in [0.25, 0.3) is 0 Å². The second-order valence-electron chi connectivity index (χ2n) is 6.76. The van der Waals surface area contributed by atoms with Crippen LogP contribution in [0.15, 0.2) is 18.2 Å². The summed E-state index contributed by atoms with van der Waals surface area (Å²) in [5.74, 6) is -0.411. The number of ether oxygens (including phenoxy) is 1. The number of fused-ring (bicyclic) bond motifs is 1. The number of hydrogen-bond acceptors (Lipinski definition) is 5. The van der Waals surface area contributed by atoms with Gasteiger partial charge in [0.2, 0.25) is 11.8 Å². The molecule has 2 aliphatic heterocycles. The van der Waals surface area contributed by atoms with E-state index in [0.717, 1.165) is 30.6 Å². The number of benzene rings is 1. The molecule has 1 aromatic rings. The van der Waals surface area contributed by atoms with Gasteiger partial charge in [0.1, 0.15) is 0 Å². The molecule has 0 saturated carbocycles. The number of rotatable bonds is 4. The minimum Gasteiger partial charge on any atom is -0.450 e. The van der Waals surface area contributed by atoms with E-state index in [1.807, 2.05) is 11.0 Å². The molecular formula is C19H26N4O4. The zero-order valence-corrected chi connectivity index (χ0v) is 15.6. The summed E-state index contributed by atoms with van der Waals surface area (Å²) in [4.78, 5) is 41.6. The molecule has 0 aromatic heterocycles. The van der Waals surface area contributed by atoms with Crippen LogP contribution in [-0.4, -0.2) is 73.6 Å². The highest BCUT2D eigenvalue weighted by Crippen LogP contribution is 2.29. The van der Waals surface area contributed by atoms with Gasteiger partial charge in [0.05, 0.1) is 13.2 Å². The molecule has 8 heteroatoms. The van der Waals surface area contributed by atoms with Gasteiger partial charge in [-0.1, -0.05) is 6.07 Å². The van der Waals surface area contributed by atoms with E-state index >= 15 is 0 Å². The fourth-order valence-electron chi connectivity index (χ4n) is 3.71. The van der Waals surface area contributed by atoms with E-state index in [1.54, 1.807) is 28.9 Å². The van der Waals surface area contributed by atoms with Gasteiger partial charge in [-0.05, 0) is 37.5 Å². The average Bonchev–Trinajstić information content (AvgIpc) is 2.68. The predicted octanol–water partition coefficient (Wildman–Crippen LogP) is 0.839. The normalized spacial score (nSPS) is 16.7. The highest BCUT2D eigenvalue weighted by Gasteiger charge is 2.28. The first-order valence-electron chi connectivity index (χ1n) is 9.37. The van der Waals surface area contributed by atoms with Crippen molar-refractivity contribution < 1.29 is 19.1 Å². The topological polar surface area (TPSA) is 96.2 Å². The smallest absolute Gasteiger partial charge is 0.409 e. The molecule has 0 radical (unpaired) electrons. The van der Waals surface area contributed by atoms with Crippen molar-refractivity contribution in [2.75, 3.05) is 50.8 Å². The standard InChI is InChI=1S/C19H26N4O4/c1-2-27-19(26)22-11-9-21(10-12-22)17(24)13-23-8-4-6-14-15(18(20)25)5-3-7-16(14)23/h3,5,7H,2,4,6,8-13H2,1H3,(H2,20,25). The maximum absolute atomic E-state index is 12.8. The first-order valence-corrected chi connectivity index (χ1v) is 9.37. The summed E-state index contributed by atoms with van der Waals surface area (Å²) in [6.07, 6.45) is 1.34. The molecule has 0 bridgehead atoms. The van der Waals surface area contributed by atoms with Gasteiger partial charge < -0.3 is 25.2 Å². The summed E-state index contributed by atoms with van der Waals surface area (Å²) in [7, 11) is 0. The second kappa shape index (κ2) is 8.28. The summed E-state index contributed by atoms with van der Waals surface area (Å²) in [5.41, 5.74) is 7.86. The van der Waals surface area contributed by atoms with E-state index in [4.69, 9.17) is 10.5 Å². The van der Waals surface area contributed by atoms with Crippen LogP contribution in [0, 0.1) is 0 Å². The van der Waals surface area contributed by atoms with Crippen LogP contribution in [-0.2, 0) is 16.0 Å². The van der Waals surface area contributed by atoms with Crippen molar-refractivity contribution in [3.63, 3.8) is 0 Å². The van der Waals surface area contributed by atoms with Crippen molar-refractivity contribution in [2.45, 2.75) is 19.8 Å². The van der Waals surface area contributed by atoms with Gasteiger partial charge in [-0.15, -0.1) is 0 Å². The third kappa shape index (κ3) is 4.15. The summed E-state index contributed by atoms with van der Waals surface area (Å²) in [6, 6.07) is 5.48. The van der Waals surface area contributed by atoms with Crippen LogP contribution in [0.3, 0.4) is 0 Å². The van der Waals surface area contributed by atoms with Gasteiger partial charge in [-0.25, -0.2) is 4.79 Å². The summed E-state index contributed by atoms with van der Waals surface area (Å²) in [5, 5.41) is 0. The van der Waals surface area contributed by atoms with Gasteiger partial charge in [-0.2, -0.15) is 0 Å². The maximum Gasteiger partial charge on any atom is 0.409 e. The van der Waals surface area contributed by atoms with Crippen molar-refractivity contribution >= 4 is 23.6 Å². The Morgan fingerprint density at radius 2 is 1.78 bits per heavy atom. The molecule has 1 saturated heterocycles. The molecule has 0 aliphatic carbocycles. The van der Waals surface area contributed by atoms with E-state index in [0.29, 0.717) is 38.3 Å². The lowest BCUT2D eigenvalue weighted by atomic mass is 9.96. The predicted molar refractivity (Wildman–Crippen MR) is 101 cm³/mol. The Hall–Kier alpha value is -2.77. The molecule has 0 unspecified atom stereocenters. The summed E-state index contributed by atoms with van der Waals surface area (Å²) < 4.78 is 5.01. The fraction of sp³-hybridized carbons (Fsp3) is 0.526. The number of hydrogen-bond donors (Lipinski definition) is 1. The maximum atomic E-state index is 12.8. The number of carbonyl (C=O) groups is 3. The number of nitrogens with zero attached hydrogens (tertiary/aromatic N) is 3. The number of amides is 3. The Morgan fingerprint density at radius 3 is 2.44 bits per heavy atom. The van der Waals surface area contributed by atoms with E-state index in [1.165, 1.54) is 0 Å². The highest BCUT2D eigenvalue weighted by atomic mass is 16.6. The van der Waals surface area contributed by atoms with Crippen molar-refractivity contribution in [3.8, 4) is 0 Å². The molecule has 1 aromatic carbocycles. The fourth-order valence-corrected chi connectivity index (χ4v) is 3.71. The monoisotopic (exact) mass is 374 g/mol. The van der Waals surface area contributed by atoms with Gasteiger partial charge in [0.15, 0.2) is 0 Å². The lowest BCUT2D eigenvalue weighted by Gasteiger charge is -2.37. The van der Waals surface area contributed by atoms with Gasteiger partial charge in [0, 0.05) is 44.0 Å². The quantitative estimate of drug-likeness (QED) is 0.842. The van der Waals surface area contributed by atoms with Crippen molar-refractivity contribution in [1.29, 1.82) is 0 Å². The Morgan fingerprint density at radius 1 is 1.07 bits per heavy atom. The lowest BCUT2D eigenvalue weighted by Crippen LogP contribution is -2.53. The molecule has 2 N–H and O–H groups in total. The zero-order valence-electron chi connectivity index (χ0n) is 15.6. The van der Waals surface area contributed by atoms with Crippen LogP contribution in [0.4, 0.5) is 10.5 Å². The van der Waals surface area contributed by atoms with Crippen LogP contribution in [0.1, 0.15) is 29.3 Å². The first-order chi connectivity index (χ1) is 13.0. The molecule has 3 amide bonds. The molecule has 146 valence electrons. The van der Waals surface area contributed by atoms with Crippen LogP contribution in [0.5, 0.6) is 0 Å². The number of carbonyl (C=O) groups excluding carboxylic acids is 3. The molecule has 8 nitrogen and oxygen atoms in total. The van der Waals surface area contributed by atoms with E-state index in [2.05, 4.69) is 0 Å². The third-order valence-corrected chi connectivity index (χ3v) is 5.10. The zero-order chi connectivity index (χ0) is 19.4. The van der Waals surface area contributed by atoms with Crippen molar-refractivity contribution in [2.24, 2.45) is 5.73 Å². The first kappa shape index (κ1) is 19.0. The molecule has 3 rings (SSSR count). The van der Waals surface area contributed by atoms with Crippen LogP contribution >= 0.6 is 0 Å². The largest absolute Gasteiger partial charge is 0.450 e. The minimum atomic E-state index is -0.435. The number of anilines is 1. The minimum absolute atomic E-state index is 0.0239. The number of nitrogens with two attached hydrogens (primary N) is 1. The Kier molecular flexibility index (Phi) is 5.83. The van der Waals surface area contributed by atoms with Crippen molar-refractivity contribution in [3.05, 3.63) is 29.3 Å². The van der Waals surface area contributed by atoms with Gasteiger partial charge >= 0.3 is 6.09 Å². The molecule has 2 heterocycles. The van der Waals surface area contributed by atoms with Gasteiger partial charge in [0.25, 0.3) is 0 Å². The van der Waals surface area contributed by atoms with Crippen LogP contribution < -0.4 is 10.6 Å². The lowest BCUT2D eigenvalue weighted by molar-refractivity contribution is -0.131. The molecule has 2 aliphatic rings. The number of primary amides is 1. The van der Waals surface area contributed by atoms with Gasteiger partial charge in [-0.3, -0.25) is 9.59 Å². The Bertz CT molecular complexity index is 728. The molecule has 0 atom stereocenters. The molecular weight excluding hydrogens is 348 g/mol. The number of piperazine rings is 1. The Labute approximate surface area is 158 Å². The van der Waals surface area contributed by atoms with Crippen molar-refractivity contribution in [1.82, 2.24) is 9.80 Å². The Balaban J connectivity index is 1.63. The highest BCUT2D eigenvalue weighted by molar-refractivity contribution is 5.96. The molecule has 0 spiro atoms. The molecule has 1 fully saturated rings. The molecule has 27 heavy (non-hydrogen) atoms. The van der Waals surface area contributed by atoms with Crippen LogP contribution in [0.2, 0.25) is 0 Å². The average molecular weight is 374 g/mol. The summed E-state index contributed by atoms with van der Waals surface area (Å²) >= 11 is 0. The second-order valence-corrected chi connectivity index (χ2v) is 6.76. The summed E-state index contributed by atoms with van der Waals surface area (Å²) in [6.45, 7) is 5.11. The van der Waals surface area contributed by atoms with E-state index < -0.39 is 5.91 Å².